The molecule has 0 radical (unpaired) electrons. The van der Waals surface area contributed by atoms with Crippen molar-refractivity contribution in [2.45, 2.75) is 112 Å². The Morgan fingerprint density at radius 2 is 1.71 bits per heavy atom. The molecular formula is C29H50O2. The number of hydrogen-bond donors (Lipinski definition) is 2. The van der Waals surface area contributed by atoms with Crippen molar-refractivity contribution in [2.75, 3.05) is 6.61 Å². The van der Waals surface area contributed by atoms with E-state index < -0.39 is 0 Å². The van der Waals surface area contributed by atoms with Crippen LogP contribution in [0.2, 0.25) is 0 Å². The van der Waals surface area contributed by atoms with Crippen LogP contribution in [0.25, 0.3) is 0 Å². The molecule has 0 aromatic rings. The summed E-state index contributed by atoms with van der Waals surface area (Å²) in [6, 6.07) is 0. The number of rotatable bonds is 6. The maximum atomic E-state index is 10.7. The molecular weight excluding hydrogens is 380 g/mol. The van der Waals surface area contributed by atoms with Gasteiger partial charge in [-0.05, 0) is 97.7 Å². The maximum Gasteiger partial charge on any atom is 0.0628 e. The van der Waals surface area contributed by atoms with Crippen LogP contribution in [0.1, 0.15) is 106 Å². The summed E-state index contributed by atoms with van der Waals surface area (Å²) >= 11 is 0. The molecule has 4 aliphatic rings. The Bertz CT molecular complexity index is 678. The molecule has 8 atom stereocenters. The van der Waals surface area contributed by atoms with Gasteiger partial charge in [-0.2, -0.15) is 0 Å². The summed E-state index contributed by atoms with van der Waals surface area (Å²) in [6.07, 6.45) is 14.9. The fraction of sp³-hybridized carbons (Fsp3) is 0.931. The summed E-state index contributed by atoms with van der Waals surface area (Å²) in [6.45, 7) is 14.7. The van der Waals surface area contributed by atoms with Gasteiger partial charge in [0.05, 0.1) is 6.10 Å². The van der Waals surface area contributed by atoms with Gasteiger partial charge in [0.1, 0.15) is 0 Å². The molecule has 0 saturated heterocycles. The van der Waals surface area contributed by atoms with Gasteiger partial charge in [0.25, 0.3) is 0 Å². The molecule has 3 fully saturated rings. The number of fused-ring (bicyclic) bond motifs is 5. The molecule has 0 aromatic carbocycles. The molecule has 0 amide bonds. The van der Waals surface area contributed by atoms with Crippen molar-refractivity contribution in [3.05, 3.63) is 11.6 Å². The van der Waals surface area contributed by atoms with E-state index in [1.807, 2.05) is 0 Å². The first-order chi connectivity index (χ1) is 14.6. The highest BCUT2D eigenvalue weighted by Crippen LogP contribution is 2.68. The fourth-order valence-corrected chi connectivity index (χ4v) is 9.41. The van der Waals surface area contributed by atoms with Crippen molar-refractivity contribution in [3.8, 4) is 0 Å². The normalized spacial score (nSPS) is 44.9. The third kappa shape index (κ3) is 3.76. The molecule has 2 N–H and O–H groups in total. The zero-order chi connectivity index (χ0) is 22.6. The van der Waals surface area contributed by atoms with Crippen LogP contribution in [-0.2, 0) is 0 Å². The molecule has 31 heavy (non-hydrogen) atoms. The SMILES string of the molecule is CC(C)CCC[C@@H](CO)[C@H]1CC[C@H]2[C@@H]3CC=C4C(C)(C)[C@@H](O)CC[C@]4(C)[C@H]3CC[C@]12C. The fourth-order valence-electron chi connectivity index (χ4n) is 9.41. The number of hydrogen-bond acceptors (Lipinski definition) is 2. The first kappa shape index (κ1) is 23.8. The van der Waals surface area contributed by atoms with Crippen LogP contribution in [0.5, 0.6) is 0 Å². The topological polar surface area (TPSA) is 40.5 Å². The van der Waals surface area contributed by atoms with Crippen LogP contribution in [0, 0.1) is 51.8 Å². The van der Waals surface area contributed by atoms with Crippen LogP contribution in [0.3, 0.4) is 0 Å². The summed E-state index contributed by atoms with van der Waals surface area (Å²) < 4.78 is 0. The molecule has 0 aliphatic heterocycles. The van der Waals surface area contributed by atoms with Crippen LogP contribution >= 0.6 is 0 Å². The van der Waals surface area contributed by atoms with Crippen LogP contribution in [-0.4, -0.2) is 22.9 Å². The Kier molecular flexibility index (Phi) is 6.50. The molecule has 178 valence electrons. The van der Waals surface area contributed by atoms with Gasteiger partial charge in [0.15, 0.2) is 0 Å². The van der Waals surface area contributed by atoms with Gasteiger partial charge in [-0.1, -0.05) is 66.0 Å². The number of aliphatic hydroxyl groups is 2. The Morgan fingerprint density at radius 1 is 0.968 bits per heavy atom. The van der Waals surface area contributed by atoms with Crippen molar-refractivity contribution in [1.29, 1.82) is 0 Å². The summed E-state index contributed by atoms with van der Waals surface area (Å²) in [5.41, 5.74) is 2.19. The van der Waals surface area contributed by atoms with Gasteiger partial charge < -0.3 is 10.2 Å². The molecule has 0 heterocycles. The predicted octanol–water partition coefficient (Wildman–Crippen LogP) is 7.00. The minimum atomic E-state index is -0.191. The molecule has 0 spiro atoms. The summed E-state index contributed by atoms with van der Waals surface area (Å²) in [4.78, 5) is 0. The molecule has 2 heteroatoms. The van der Waals surface area contributed by atoms with E-state index in [-0.39, 0.29) is 16.9 Å². The third-order valence-electron chi connectivity index (χ3n) is 11.2. The predicted molar refractivity (Wildman–Crippen MR) is 130 cm³/mol. The highest BCUT2D eigenvalue weighted by Gasteiger charge is 2.61. The number of allylic oxidation sites excluding steroid dienone is 1. The lowest BCUT2D eigenvalue weighted by atomic mass is 9.44. The summed E-state index contributed by atoms with van der Waals surface area (Å²) in [7, 11) is 0. The quantitative estimate of drug-likeness (QED) is 0.445. The van der Waals surface area contributed by atoms with E-state index in [1.54, 1.807) is 5.57 Å². The molecule has 4 rings (SSSR count). The second kappa shape index (κ2) is 8.46. The second-order valence-corrected chi connectivity index (χ2v) is 13.4. The molecule has 0 aromatic heterocycles. The lowest BCUT2D eigenvalue weighted by Gasteiger charge is -2.61. The third-order valence-corrected chi connectivity index (χ3v) is 11.2. The average Bonchev–Trinajstić information content (AvgIpc) is 3.05. The molecule has 0 unspecified atom stereocenters. The highest BCUT2D eigenvalue weighted by atomic mass is 16.3. The maximum absolute atomic E-state index is 10.7. The van der Waals surface area contributed by atoms with Gasteiger partial charge in [0.2, 0.25) is 0 Å². The second-order valence-electron chi connectivity index (χ2n) is 13.4. The van der Waals surface area contributed by atoms with Gasteiger partial charge in [-0.25, -0.2) is 0 Å². The largest absolute Gasteiger partial charge is 0.396 e. The van der Waals surface area contributed by atoms with E-state index in [1.165, 1.54) is 51.4 Å². The van der Waals surface area contributed by atoms with E-state index in [9.17, 15) is 10.2 Å². The number of aliphatic hydroxyl groups excluding tert-OH is 2. The molecule has 3 saturated carbocycles. The Hall–Kier alpha value is -0.340. The van der Waals surface area contributed by atoms with Crippen molar-refractivity contribution in [1.82, 2.24) is 0 Å². The van der Waals surface area contributed by atoms with E-state index in [2.05, 4.69) is 47.6 Å². The van der Waals surface area contributed by atoms with E-state index >= 15 is 0 Å². The minimum absolute atomic E-state index is 0.0741. The zero-order valence-corrected chi connectivity index (χ0v) is 21.3. The van der Waals surface area contributed by atoms with E-state index in [0.29, 0.717) is 23.9 Å². The van der Waals surface area contributed by atoms with Crippen LogP contribution < -0.4 is 0 Å². The van der Waals surface area contributed by atoms with Gasteiger partial charge in [-0.15, -0.1) is 0 Å². The summed E-state index contributed by atoms with van der Waals surface area (Å²) in [5, 5.41) is 21.1. The van der Waals surface area contributed by atoms with Gasteiger partial charge in [-0.3, -0.25) is 0 Å². The van der Waals surface area contributed by atoms with Crippen LogP contribution in [0.4, 0.5) is 0 Å². The average molecular weight is 431 g/mol. The highest BCUT2D eigenvalue weighted by molar-refractivity contribution is 5.31. The van der Waals surface area contributed by atoms with Gasteiger partial charge in [0, 0.05) is 12.0 Å². The van der Waals surface area contributed by atoms with Crippen molar-refractivity contribution < 1.29 is 10.2 Å². The van der Waals surface area contributed by atoms with Crippen LogP contribution in [0.15, 0.2) is 11.6 Å². The van der Waals surface area contributed by atoms with Crippen molar-refractivity contribution >= 4 is 0 Å². The Labute approximate surface area is 192 Å². The molecule has 2 nitrogen and oxygen atoms in total. The molecule has 4 aliphatic carbocycles. The monoisotopic (exact) mass is 430 g/mol. The first-order valence-corrected chi connectivity index (χ1v) is 13.6. The Balaban J connectivity index is 1.55. The molecule has 0 bridgehead atoms. The standard InChI is InChI=1S/C29H50O2/c1-19(2)8-7-9-20(18-30)22-11-12-23-21-10-13-25-27(3,4)26(31)15-17-29(25,6)24(21)14-16-28(22,23)5/h13,19-24,26,30-31H,7-12,14-18H2,1-6H3/t20-,21-,22+,23-,24-,26-,28+,29+/m0/s1. The Morgan fingerprint density at radius 3 is 2.39 bits per heavy atom. The first-order valence-electron chi connectivity index (χ1n) is 13.6. The lowest BCUT2D eigenvalue weighted by molar-refractivity contribution is -0.0812. The van der Waals surface area contributed by atoms with Crippen molar-refractivity contribution in [2.24, 2.45) is 51.8 Å². The minimum Gasteiger partial charge on any atom is -0.396 e. The zero-order valence-electron chi connectivity index (χ0n) is 21.3. The smallest absolute Gasteiger partial charge is 0.0628 e. The lowest BCUT2D eigenvalue weighted by Crippen LogP contribution is -2.54. The van der Waals surface area contributed by atoms with Gasteiger partial charge >= 0.3 is 0 Å². The van der Waals surface area contributed by atoms with E-state index in [0.717, 1.165) is 36.5 Å². The van der Waals surface area contributed by atoms with E-state index in [4.69, 9.17) is 0 Å². The van der Waals surface area contributed by atoms with Crippen molar-refractivity contribution in [3.63, 3.8) is 0 Å². The summed E-state index contributed by atoms with van der Waals surface area (Å²) in [5.74, 6) is 4.38.